The van der Waals surface area contributed by atoms with Crippen molar-refractivity contribution in [2.75, 3.05) is 10.9 Å². The number of aryl methyl sites for hydroxylation is 1. The van der Waals surface area contributed by atoms with E-state index in [9.17, 15) is 9.59 Å². The van der Waals surface area contributed by atoms with E-state index in [-0.39, 0.29) is 22.9 Å². The maximum Gasteiger partial charge on any atom is 0.271 e. The van der Waals surface area contributed by atoms with Gasteiger partial charge < -0.3 is 19.3 Å². The zero-order valence-electron chi connectivity index (χ0n) is 25.4. The number of aromatic nitrogens is 4. The number of hydrogen-bond acceptors (Lipinski definition) is 7. The number of carbonyl (C=O) groups is 2. The van der Waals surface area contributed by atoms with Gasteiger partial charge in [-0.25, -0.2) is 14.3 Å². The van der Waals surface area contributed by atoms with Gasteiger partial charge in [0.1, 0.15) is 5.69 Å². The number of amides is 2. The molecule has 0 saturated heterocycles. The summed E-state index contributed by atoms with van der Waals surface area (Å²) in [7, 11) is -2.02. The summed E-state index contributed by atoms with van der Waals surface area (Å²) in [6.45, 7) is 13.7. The molecule has 43 heavy (non-hydrogen) atoms. The van der Waals surface area contributed by atoms with Crippen molar-refractivity contribution in [3.63, 3.8) is 0 Å². The largest absolute Gasteiger partial charge is 0.415 e. The Morgan fingerprint density at radius 1 is 1.19 bits per heavy atom. The van der Waals surface area contributed by atoms with Crippen LogP contribution in [0.3, 0.4) is 0 Å². The minimum atomic E-state index is -2.02. The Balaban J connectivity index is 1.35. The lowest BCUT2D eigenvalue weighted by Gasteiger charge is -2.37. The van der Waals surface area contributed by atoms with Crippen LogP contribution in [0.2, 0.25) is 18.1 Å². The van der Waals surface area contributed by atoms with E-state index in [0.29, 0.717) is 25.3 Å². The van der Waals surface area contributed by atoms with E-state index in [4.69, 9.17) is 9.41 Å². The van der Waals surface area contributed by atoms with E-state index in [1.54, 1.807) is 28.8 Å². The van der Waals surface area contributed by atoms with Crippen molar-refractivity contribution < 1.29 is 14.0 Å². The lowest BCUT2D eigenvalue weighted by molar-refractivity contribution is -0.115. The summed E-state index contributed by atoms with van der Waals surface area (Å²) in [6, 6.07) is 15.9. The third kappa shape index (κ3) is 7.20. The predicted octanol–water partition coefficient (Wildman–Crippen LogP) is 7.24. The Bertz CT molecular complexity index is 1690. The monoisotopic (exact) mass is 634 g/mol. The van der Waals surface area contributed by atoms with Crippen molar-refractivity contribution in [1.82, 2.24) is 24.8 Å². The zero-order valence-corrected chi connectivity index (χ0v) is 28.0. The first-order valence-electron chi connectivity index (χ1n) is 14.3. The maximum absolute atomic E-state index is 12.9. The van der Waals surface area contributed by atoms with Gasteiger partial charge in [0.2, 0.25) is 5.91 Å². The van der Waals surface area contributed by atoms with Crippen LogP contribution in [-0.2, 0) is 15.8 Å². The molecule has 0 aliphatic heterocycles. The molecule has 9 nitrogen and oxygen atoms in total. The highest BCUT2D eigenvalue weighted by Gasteiger charge is 2.37. The third-order valence-electron chi connectivity index (χ3n) is 7.96. The number of anilines is 1. The predicted molar refractivity (Wildman–Crippen MR) is 178 cm³/mol. The molecule has 0 aliphatic carbocycles. The summed E-state index contributed by atoms with van der Waals surface area (Å²) in [5.41, 5.74) is 3.07. The SMILES string of the molecule is CC(=O)N(Sc1nc2ccccc2s1)c1ccc2ccn(CC[C@H](CO[Si](C)(C)C(C)(C)C)NC(=O)c3c[nH]cn3)c2c1. The topological polar surface area (TPSA) is 105 Å². The second-order valence-corrected chi connectivity index (χ2v) is 19.1. The number of imidazole rings is 1. The molecule has 2 amide bonds. The average molecular weight is 635 g/mol. The molecule has 0 radical (unpaired) electrons. The first-order chi connectivity index (χ1) is 20.4. The smallest absolute Gasteiger partial charge is 0.271 e. The van der Waals surface area contributed by atoms with E-state index in [0.717, 1.165) is 31.1 Å². The summed E-state index contributed by atoms with van der Waals surface area (Å²) < 4.78 is 12.3. The molecule has 0 fully saturated rings. The molecule has 0 spiro atoms. The van der Waals surface area contributed by atoms with Gasteiger partial charge in [-0.05, 0) is 60.3 Å². The van der Waals surface area contributed by atoms with Gasteiger partial charge >= 0.3 is 0 Å². The normalized spacial score (nSPS) is 13.0. The third-order valence-corrected chi connectivity index (χ3v) is 14.7. The fourth-order valence-corrected chi connectivity index (χ4v) is 7.45. The highest BCUT2D eigenvalue weighted by Crippen LogP contribution is 2.37. The average Bonchev–Trinajstić information content (AvgIpc) is 3.72. The van der Waals surface area contributed by atoms with Crippen LogP contribution < -0.4 is 9.62 Å². The molecule has 5 aromatic rings. The number of nitrogens with one attached hydrogen (secondary N) is 2. The fourth-order valence-electron chi connectivity index (χ4n) is 4.42. The number of rotatable bonds is 11. The number of hydrogen-bond donors (Lipinski definition) is 2. The van der Waals surface area contributed by atoms with Gasteiger partial charge in [0, 0.05) is 37.8 Å². The van der Waals surface area contributed by atoms with Crippen molar-refractivity contribution in [2.45, 2.75) is 69.2 Å². The number of para-hydroxylation sites is 1. The van der Waals surface area contributed by atoms with Crippen molar-refractivity contribution in [3.05, 3.63) is 72.9 Å². The summed E-state index contributed by atoms with van der Waals surface area (Å²) in [6.07, 6.45) is 5.80. The van der Waals surface area contributed by atoms with Crippen molar-refractivity contribution in [2.24, 2.45) is 0 Å². The first kappa shape index (κ1) is 31.0. The van der Waals surface area contributed by atoms with Crippen molar-refractivity contribution in [3.8, 4) is 0 Å². The molecule has 226 valence electrons. The summed E-state index contributed by atoms with van der Waals surface area (Å²) in [4.78, 5) is 37.3. The Hall–Kier alpha value is -3.45. The molecule has 3 aromatic heterocycles. The summed E-state index contributed by atoms with van der Waals surface area (Å²) in [5.74, 6) is -0.306. The minimum Gasteiger partial charge on any atom is -0.415 e. The first-order valence-corrected chi connectivity index (χ1v) is 18.8. The second-order valence-electron chi connectivity index (χ2n) is 12.1. The van der Waals surface area contributed by atoms with Crippen LogP contribution in [0, 0.1) is 0 Å². The fraction of sp³-hybridized carbons (Fsp3) is 0.355. The van der Waals surface area contributed by atoms with E-state index < -0.39 is 8.32 Å². The molecule has 0 bridgehead atoms. The Morgan fingerprint density at radius 3 is 2.67 bits per heavy atom. The van der Waals surface area contributed by atoms with Crippen LogP contribution in [-0.4, -0.2) is 52.3 Å². The van der Waals surface area contributed by atoms with Crippen LogP contribution in [0.25, 0.3) is 21.1 Å². The summed E-state index contributed by atoms with van der Waals surface area (Å²) in [5, 5.41) is 4.27. The Morgan fingerprint density at radius 2 is 1.98 bits per heavy atom. The van der Waals surface area contributed by atoms with E-state index >= 15 is 0 Å². The number of carbonyl (C=O) groups excluding carboxylic acids is 2. The maximum atomic E-state index is 12.9. The highest BCUT2D eigenvalue weighted by molar-refractivity contribution is 8.03. The van der Waals surface area contributed by atoms with Crippen LogP contribution in [0.5, 0.6) is 0 Å². The van der Waals surface area contributed by atoms with Gasteiger partial charge in [0.25, 0.3) is 5.91 Å². The second kappa shape index (κ2) is 12.6. The summed E-state index contributed by atoms with van der Waals surface area (Å²) >= 11 is 2.91. The van der Waals surface area contributed by atoms with Gasteiger partial charge in [-0.3, -0.25) is 9.59 Å². The molecule has 0 aliphatic rings. The van der Waals surface area contributed by atoms with E-state index in [1.807, 2.05) is 42.5 Å². The molecule has 3 heterocycles. The number of benzene rings is 2. The molecule has 0 saturated carbocycles. The molecule has 12 heteroatoms. The molecule has 2 aromatic carbocycles. The van der Waals surface area contributed by atoms with Gasteiger partial charge in [0.15, 0.2) is 12.7 Å². The Labute approximate surface area is 261 Å². The zero-order chi connectivity index (χ0) is 30.8. The number of fused-ring (bicyclic) bond motifs is 2. The lowest BCUT2D eigenvalue weighted by atomic mass is 10.2. The standard InChI is InChI=1S/C31H38N6O3S2Si/c1-21(38)37(42-30-35-25-9-7-8-10-28(25)41-30)24-12-11-22-13-15-36(27(22)17-24)16-14-23(19-40-43(5,6)31(2,3)4)34-29(39)26-18-32-20-33-26/h7-13,15,17-18,20,23H,14,16,19H2,1-6H3,(H,32,33)(H,34,39)/t23-/m1/s1. The van der Waals surface area contributed by atoms with Gasteiger partial charge in [0.05, 0.1) is 40.4 Å². The molecule has 0 unspecified atom stereocenters. The van der Waals surface area contributed by atoms with Crippen molar-refractivity contribution >= 4 is 70.2 Å². The van der Waals surface area contributed by atoms with Crippen molar-refractivity contribution in [1.29, 1.82) is 0 Å². The lowest BCUT2D eigenvalue weighted by Crippen LogP contribution is -2.46. The minimum absolute atomic E-state index is 0.0583. The van der Waals surface area contributed by atoms with Crippen LogP contribution in [0.15, 0.2) is 71.6 Å². The number of H-pyrrole nitrogens is 1. The molecule has 1 atom stereocenters. The van der Waals surface area contributed by atoms with Crippen LogP contribution in [0.4, 0.5) is 5.69 Å². The molecular weight excluding hydrogens is 597 g/mol. The van der Waals surface area contributed by atoms with Gasteiger partial charge in [-0.1, -0.05) is 39.0 Å². The highest BCUT2D eigenvalue weighted by atomic mass is 32.2. The number of thiazole rings is 1. The van der Waals surface area contributed by atoms with E-state index in [1.165, 1.54) is 18.3 Å². The quantitative estimate of drug-likeness (QED) is 0.117. The van der Waals surface area contributed by atoms with Gasteiger partial charge in [-0.15, -0.1) is 11.3 Å². The molecule has 2 N–H and O–H groups in total. The van der Waals surface area contributed by atoms with Crippen LogP contribution in [0.1, 0.15) is 44.6 Å². The van der Waals surface area contributed by atoms with Crippen LogP contribution >= 0.6 is 23.3 Å². The Kier molecular flexibility index (Phi) is 9.11. The molecule has 5 rings (SSSR count). The number of nitrogens with zero attached hydrogens (tertiary/aromatic N) is 4. The number of aromatic amines is 1. The van der Waals surface area contributed by atoms with E-state index in [2.05, 4.69) is 66.0 Å². The van der Waals surface area contributed by atoms with Gasteiger partial charge in [-0.2, -0.15) is 0 Å². The molecular formula is C31H38N6O3S2Si.